The van der Waals surface area contributed by atoms with Crippen molar-refractivity contribution >= 4 is 17.3 Å². The molecule has 0 bridgehead atoms. The Morgan fingerprint density at radius 3 is 2.70 bits per heavy atom. The first kappa shape index (κ1) is 15.3. The van der Waals surface area contributed by atoms with E-state index in [0.717, 1.165) is 30.4 Å². The lowest BCUT2D eigenvalue weighted by atomic mass is 9.86. The van der Waals surface area contributed by atoms with Gasteiger partial charge in [0, 0.05) is 12.6 Å². The highest BCUT2D eigenvalue weighted by molar-refractivity contribution is 7.80. The summed E-state index contributed by atoms with van der Waals surface area (Å²) in [5, 5.41) is 7.66. The van der Waals surface area contributed by atoms with E-state index in [2.05, 4.69) is 47.9 Å². The highest BCUT2D eigenvalue weighted by Gasteiger charge is 2.21. The highest BCUT2D eigenvalue weighted by Crippen LogP contribution is 2.23. The highest BCUT2D eigenvalue weighted by atomic mass is 32.1. The Morgan fingerprint density at radius 2 is 1.95 bits per heavy atom. The van der Waals surface area contributed by atoms with Gasteiger partial charge >= 0.3 is 0 Å². The molecule has 0 radical (unpaired) electrons. The molecule has 2 rings (SSSR count). The van der Waals surface area contributed by atoms with Crippen LogP contribution in [0.3, 0.4) is 0 Å². The number of thiocarbonyl (C=S) groups is 1. The van der Waals surface area contributed by atoms with Crippen LogP contribution in [0.5, 0.6) is 0 Å². The third-order valence-corrected chi connectivity index (χ3v) is 4.46. The fraction of sp³-hybridized carbons (Fsp3) is 0.588. The fourth-order valence-electron chi connectivity index (χ4n) is 2.89. The standard InChI is InChI=1S/C17H26N2S/c1-14-8-5-6-12-16(14)19-17(20)18-13-7-11-15-9-3-2-4-10-15/h2-4,9-10,14,16H,5-8,11-13H2,1H3,(H2,18,19,20)/t14-,16+/m1/s1. The van der Waals surface area contributed by atoms with Crippen LogP contribution in [-0.2, 0) is 6.42 Å². The summed E-state index contributed by atoms with van der Waals surface area (Å²) in [4.78, 5) is 0. The van der Waals surface area contributed by atoms with Crippen molar-refractivity contribution in [3.63, 3.8) is 0 Å². The zero-order chi connectivity index (χ0) is 14.2. The topological polar surface area (TPSA) is 24.1 Å². The third kappa shape index (κ3) is 5.12. The molecular weight excluding hydrogens is 264 g/mol. The van der Waals surface area contributed by atoms with Crippen LogP contribution in [0.1, 0.15) is 44.6 Å². The second-order valence-electron chi connectivity index (χ2n) is 5.86. The van der Waals surface area contributed by atoms with Crippen molar-refractivity contribution in [2.45, 2.75) is 51.5 Å². The van der Waals surface area contributed by atoms with Gasteiger partial charge in [-0.25, -0.2) is 0 Å². The van der Waals surface area contributed by atoms with Crippen molar-refractivity contribution < 1.29 is 0 Å². The first-order chi connectivity index (χ1) is 9.75. The summed E-state index contributed by atoms with van der Waals surface area (Å²) in [5.74, 6) is 0.743. The van der Waals surface area contributed by atoms with Gasteiger partial charge < -0.3 is 10.6 Å². The van der Waals surface area contributed by atoms with Crippen molar-refractivity contribution in [3.05, 3.63) is 35.9 Å². The monoisotopic (exact) mass is 290 g/mol. The molecule has 0 spiro atoms. The van der Waals surface area contributed by atoms with Crippen LogP contribution in [-0.4, -0.2) is 17.7 Å². The van der Waals surface area contributed by atoms with Crippen molar-refractivity contribution in [2.75, 3.05) is 6.54 Å². The van der Waals surface area contributed by atoms with Crippen LogP contribution in [0.25, 0.3) is 0 Å². The van der Waals surface area contributed by atoms with E-state index < -0.39 is 0 Å². The number of nitrogens with one attached hydrogen (secondary N) is 2. The lowest BCUT2D eigenvalue weighted by Crippen LogP contribution is -2.46. The zero-order valence-electron chi connectivity index (χ0n) is 12.4. The third-order valence-electron chi connectivity index (χ3n) is 4.20. The van der Waals surface area contributed by atoms with Gasteiger partial charge in [-0.15, -0.1) is 0 Å². The van der Waals surface area contributed by atoms with Crippen LogP contribution in [0, 0.1) is 5.92 Å². The van der Waals surface area contributed by atoms with Gasteiger partial charge in [-0.1, -0.05) is 50.1 Å². The molecule has 110 valence electrons. The minimum atomic E-state index is 0.567. The van der Waals surface area contributed by atoms with E-state index in [1.807, 2.05) is 0 Å². The average molecular weight is 290 g/mol. The Bertz CT molecular complexity index is 405. The van der Waals surface area contributed by atoms with Crippen molar-refractivity contribution in [2.24, 2.45) is 5.92 Å². The zero-order valence-corrected chi connectivity index (χ0v) is 13.2. The minimum absolute atomic E-state index is 0.567. The molecule has 1 aliphatic rings. The predicted octanol–water partition coefficient (Wildman–Crippen LogP) is 3.66. The summed E-state index contributed by atoms with van der Waals surface area (Å²) >= 11 is 5.40. The molecule has 0 aromatic heterocycles. The van der Waals surface area contributed by atoms with E-state index >= 15 is 0 Å². The summed E-state index contributed by atoms with van der Waals surface area (Å²) < 4.78 is 0. The van der Waals surface area contributed by atoms with E-state index in [-0.39, 0.29) is 0 Å². The Kier molecular flexibility index (Phi) is 6.31. The van der Waals surface area contributed by atoms with Crippen molar-refractivity contribution in [3.8, 4) is 0 Å². The SMILES string of the molecule is C[C@@H]1CCCC[C@@H]1NC(=S)NCCCc1ccccc1. The quantitative estimate of drug-likeness (QED) is 0.639. The second kappa shape index (κ2) is 8.25. The Morgan fingerprint density at radius 1 is 1.20 bits per heavy atom. The number of aryl methyl sites for hydroxylation is 1. The molecule has 2 nitrogen and oxygen atoms in total. The molecule has 2 atom stereocenters. The summed E-state index contributed by atoms with van der Waals surface area (Å²) in [5.41, 5.74) is 1.40. The van der Waals surface area contributed by atoms with Gasteiger partial charge in [-0.3, -0.25) is 0 Å². The maximum absolute atomic E-state index is 5.40. The molecular formula is C17H26N2S. The van der Waals surface area contributed by atoms with Crippen LogP contribution in [0.4, 0.5) is 0 Å². The number of hydrogen-bond acceptors (Lipinski definition) is 1. The Balaban J connectivity index is 1.60. The maximum atomic E-state index is 5.40. The van der Waals surface area contributed by atoms with Crippen LogP contribution >= 0.6 is 12.2 Å². The van der Waals surface area contributed by atoms with Gasteiger partial charge in [-0.2, -0.15) is 0 Å². The number of hydrogen-bond donors (Lipinski definition) is 2. The number of benzene rings is 1. The van der Waals surface area contributed by atoms with Crippen molar-refractivity contribution in [1.29, 1.82) is 0 Å². The Hall–Kier alpha value is -1.09. The summed E-state index contributed by atoms with van der Waals surface area (Å²) in [6.45, 7) is 3.27. The molecule has 0 saturated heterocycles. The van der Waals surface area contributed by atoms with Gasteiger partial charge in [0.1, 0.15) is 0 Å². The minimum Gasteiger partial charge on any atom is -0.363 e. The van der Waals surface area contributed by atoms with Crippen LogP contribution in [0.15, 0.2) is 30.3 Å². The Labute approximate surface area is 128 Å². The van der Waals surface area contributed by atoms with E-state index in [1.165, 1.54) is 31.2 Å². The lowest BCUT2D eigenvalue weighted by Gasteiger charge is -2.30. The summed E-state index contributed by atoms with van der Waals surface area (Å²) in [7, 11) is 0. The summed E-state index contributed by atoms with van der Waals surface area (Å²) in [6.07, 6.45) is 7.51. The lowest BCUT2D eigenvalue weighted by molar-refractivity contribution is 0.308. The van der Waals surface area contributed by atoms with Gasteiger partial charge in [0.25, 0.3) is 0 Å². The smallest absolute Gasteiger partial charge is 0.166 e. The molecule has 1 aliphatic carbocycles. The number of rotatable bonds is 5. The first-order valence-electron chi connectivity index (χ1n) is 7.84. The normalized spacial score (nSPS) is 22.2. The maximum Gasteiger partial charge on any atom is 0.166 e. The van der Waals surface area contributed by atoms with Gasteiger partial charge in [0.05, 0.1) is 0 Å². The van der Waals surface area contributed by atoms with E-state index in [1.54, 1.807) is 0 Å². The van der Waals surface area contributed by atoms with E-state index in [4.69, 9.17) is 12.2 Å². The molecule has 1 saturated carbocycles. The van der Waals surface area contributed by atoms with Crippen LogP contribution in [0.2, 0.25) is 0 Å². The largest absolute Gasteiger partial charge is 0.363 e. The first-order valence-corrected chi connectivity index (χ1v) is 8.25. The predicted molar refractivity (Wildman–Crippen MR) is 89.9 cm³/mol. The van der Waals surface area contributed by atoms with E-state index in [0.29, 0.717) is 6.04 Å². The molecule has 1 fully saturated rings. The molecule has 3 heteroatoms. The molecule has 1 aromatic rings. The van der Waals surface area contributed by atoms with Gasteiger partial charge in [-0.05, 0) is 49.4 Å². The molecule has 2 N–H and O–H groups in total. The van der Waals surface area contributed by atoms with Crippen LogP contribution < -0.4 is 10.6 Å². The molecule has 0 amide bonds. The van der Waals surface area contributed by atoms with E-state index in [9.17, 15) is 0 Å². The molecule has 0 aliphatic heterocycles. The average Bonchev–Trinajstić information content (AvgIpc) is 2.47. The van der Waals surface area contributed by atoms with Gasteiger partial charge in [0.15, 0.2) is 5.11 Å². The molecule has 0 unspecified atom stereocenters. The summed E-state index contributed by atoms with van der Waals surface area (Å²) in [6, 6.07) is 11.2. The molecule has 0 heterocycles. The molecule has 1 aromatic carbocycles. The fourth-order valence-corrected chi connectivity index (χ4v) is 3.14. The molecule has 20 heavy (non-hydrogen) atoms. The van der Waals surface area contributed by atoms with Crippen molar-refractivity contribution in [1.82, 2.24) is 10.6 Å². The second-order valence-corrected chi connectivity index (χ2v) is 6.27. The van der Waals surface area contributed by atoms with Gasteiger partial charge in [0.2, 0.25) is 0 Å².